The largest absolute Gasteiger partial charge is 0.409 e. The summed E-state index contributed by atoms with van der Waals surface area (Å²) in [4.78, 5) is 1.77. The molecule has 0 bridgehead atoms. The predicted molar refractivity (Wildman–Crippen MR) is 68.7 cm³/mol. The second-order valence-electron chi connectivity index (χ2n) is 4.07. The Kier molecular flexibility index (Phi) is 4.91. The summed E-state index contributed by atoms with van der Waals surface area (Å²) in [5, 5.41) is 11.4. The summed E-state index contributed by atoms with van der Waals surface area (Å²) in [6.07, 6.45) is 0. The third-order valence-corrected chi connectivity index (χ3v) is 2.80. The van der Waals surface area contributed by atoms with Crippen molar-refractivity contribution >= 4 is 11.5 Å². The average Bonchev–Trinajstić information content (AvgIpc) is 2.37. The normalized spacial score (nSPS) is 13.4. The summed E-state index contributed by atoms with van der Waals surface area (Å²) in [5.74, 6) is -0.544. The zero-order chi connectivity index (χ0) is 13.7. The lowest BCUT2D eigenvalue weighted by Crippen LogP contribution is -2.33. The lowest BCUT2D eigenvalue weighted by molar-refractivity contribution is 0.183. The summed E-state index contributed by atoms with van der Waals surface area (Å²) in [6, 6.07) is 4.47. The molecule has 0 saturated carbocycles. The van der Waals surface area contributed by atoms with E-state index < -0.39 is 5.82 Å². The summed E-state index contributed by atoms with van der Waals surface area (Å²) >= 11 is 0. The SMILES string of the molecule is COCC(C)N(C)c1ccc(/C(N)=N/O)cc1F. The number of amidine groups is 1. The van der Waals surface area contributed by atoms with Crippen molar-refractivity contribution in [1.29, 1.82) is 0 Å². The molecule has 0 aliphatic heterocycles. The number of rotatable bonds is 5. The van der Waals surface area contributed by atoms with Crippen molar-refractivity contribution < 1.29 is 14.3 Å². The van der Waals surface area contributed by atoms with Gasteiger partial charge in [0.15, 0.2) is 5.84 Å². The molecule has 0 radical (unpaired) electrons. The van der Waals surface area contributed by atoms with Gasteiger partial charge in [0.2, 0.25) is 0 Å². The average molecular weight is 255 g/mol. The van der Waals surface area contributed by atoms with E-state index >= 15 is 0 Å². The number of ether oxygens (including phenoxy) is 1. The lowest BCUT2D eigenvalue weighted by Gasteiger charge is -2.26. The van der Waals surface area contributed by atoms with Crippen LogP contribution in [0.25, 0.3) is 0 Å². The van der Waals surface area contributed by atoms with E-state index in [4.69, 9.17) is 15.7 Å². The molecule has 0 saturated heterocycles. The third kappa shape index (κ3) is 3.10. The first kappa shape index (κ1) is 14.2. The quantitative estimate of drug-likeness (QED) is 0.361. The zero-order valence-electron chi connectivity index (χ0n) is 10.7. The van der Waals surface area contributed by atoms with Gasteiger partial charge < -0.3 is 20.6 Å². The van der Waals surface area contributed by atoms with Crippen LogP contribution in [-0.2, 0) is 4.74 Å². The van der Waals surface area contributed by atoms with Gasteiger partial charge in [0, 0.05) is 25.8 Å². The number of oxime groups is 1. The Morgan fingerprint density at radius 2 is 2.28 bits per heavy atom. The molecule has 0 aliphatic rings. The van der Waals surface area contributed by atoms with E-state index in [1.54, 1.807) is 31.2 Å². The van der Waals surface area contributed by atoms with Crippen LogP contribution < -0.4 is 10.6 Å². The first-order chi connectivity index (χ1) is 8.51. The molecule has 0 aromatic heterocycles. The molecule has 18 heavy (non-hydrogen) atoms. The van der Waals surface area contributed by atoms with Gasteiger partial charge in [-0.2, -0.15) is 0 Å². The Balaban J connectivity index is 2.98. The Hall–Kier alpha value is -1.82. The van der Waals surface area contributed by atoms with Gasteiger partial charge >= 0.3 is 0 Å². The molecule has 1 aromatic rings. The van der Waals surface area contributed by atoms with Gasteiger partial charge in [-0.3, -0.25) is 0 Å². The van der Waals surface area contributed by atoms with Crippen LogP contribution in [0.5, 0.6) is 0 Å². The van der Waals surface area contributed by atoms with Crippen molar-refractivity contribution in [3.8, 4) is 0 Å². The van der Waals surface area contributed by atoms with Crippen LogP contribution in [0.15, 0.2) is 23.4 Å². The van der Waals surface area contributed by atoms with Gasteiger partial charge in [0.05, 0.1) is 12.3 Å². The third-order valence-electron chi connectivity index (χ3n) is 2.80. The maximum atomic E-state index is 13.9. The van der Waals surface area contributed by atoms with E-state index in [2.05, 4.69) is 5.16 Å². The zero-order valence-corrected chi connectivity index (χ0v) is 10.7. The van der Waals surface area contributed by atoms with Crippen molar-refractivity contribution in [3.63, 3.8) is 0 Å². The molecule has 1 rings (SSSR count). The first-order valence-corrected chi connectivity index (χ1v) is 5.50. The van der Waals surface area contributed by atoms with Gasteiger partial charge in [-0.05, 0) is 25.1 Å². The van der Waals surface area contributed by atoms with Gasteiger partial charge in [-0.1, -0.05) is 5.16 Å². The van der Waals surface area contributed by atoms with Crippen LogP contribution in [0.3, 0.4) is 0 Å². The first-order valence-electron chi connectivity index (χ1n) is 5.50. The number of hydrogen-bond donors (Lipinski definition) is 2. The van der Waals surface area contributed by atoms with Crippen molar-refractivity contribution in [2.24, 2.45) is 10.9 Å². The fourth-order valence-electron chi connectivity index (χ4n) is 1.60. The molecule has 0 aliphatic carbocycles. The molecular weight excluding hydrogens is 237 g/mol. The number of benzene rings is 1. The van der Waals surface area contributed by atoms with Crippen molar-refractivity contribution in [2.75, 3.05) is 25.7 Å². The van der Waals surface area contributed by atoms with Gasteiger partial charge in [0.1, 0.15) is 5.82 Å². The molecule has 1 atom stereocenters. The molecule has 0 heterocycles. The molecule has 0 amide bonds. The number of anilines is 1. The van der Waals surface area contributed by atoms with Crippen LogP contribution in [0.1, 0.15) is 12.5 Å². The Morgan fingerprint density at radius 1 is 1.61 bits per heavy atom. The molecule has 1 aromatic carbocycles. The van der Waals surface area contributed by atoms with E-state index in [1.165, 1.54) is 6.07 Å². The molecule has 0 fully saturated rings. The molecule has 0 spiro atoms. The van der Waals surface area contributed by atoms with Crippen molar-refractivity contribution in [3.05, 3.63) is 29.6 Å². The monoisotopic (exact) mass is 255 g/mol. The fraction of sp³-hybridized carbons (Fsp3) is 0.417. The summed E-state index contributed by atoms with van der Waals surface area (Å²) in [5.41, 5.74) is 6.17. The lowest BCUT2D eigenvalue weighted by atomic mass is 10.1. The van der Waals surface area contributed by atoms with Gasteiger partial charge in [0.25, 0.3) is 0 Å². The minimum atomic E-state index is -0.426. The Labute approximate surface area is 106 Å². The Morgan fingerprint density at radius 3 is 2.78 bits per heavy atom. The second-order valence-corrected chi connectivity index (χ2v) is 4.07. The highest BCUT2D eigenvalue weighted by molar-refractivity contribution is 5.97. The number of halogens is 1. The maximum Gasteiger partial charge on any atom is 0.170 e. The highest BCUT2D eigenvalue weighted by atomic mass is 19.1. The molecule has 6 heteroatoms. The van der Waals surface area contributed by atoms with E-state index in [-0.39, 0.29) is 11.9 Å². The molecule has 1 unspecified atom stereocenters. The van der Waals surface area contributed by atoms with Crippen LogP contribution in [-0.4, -0.2) is 37.8 Å². The van der Waals surface area contributed by atoms with Crippen molar-refractivity contribution in [1.82, 2.24) is 0 Å². The highest BCUT2D eigenvalue weighted by Crippen LogP contribution is 2.21. The number of likely N-dealkylation sites (N-methyl/N-ethyl adjacent to an activating group) is 1. The summed E-state index contributed by atoms with van der Waals surface area (Å²) < 4.78 is 19.0. The Bertz CT molecular complexity index is 437. The summed E-state index contributed by atoms with van der Waals surface area (Å²) in [6.45, 7) is 2.43. The van der Waals surface area contributed by atoms with E-state index in [9.17, 15) is 4.39 Å². The second kappa shape index (κ2) is 6.20. The maximum absolute atomic E-state index is 13.9. The van der Waals surface area contributed by atoms with Crippen LogP contribution in [0, 0.1) is 5.82 Å². The highest BCUT2D eigenvalue weighted by Gasteiger charge is 2.14. The van der Waals surface area contributed by atoms with Crippen molar-refractivity contribution in [2.45, 2.75) is 13.0 Å². The molecule has 100 valence electrons. The number of nitrogens with zero attached hydrogens (tertiary/aromatic N) is 2. The smallest absolute Gasteiger partial charge is 0.170 e. The molecular formula is C12H18FN3O2. The fourth-order valence-corrected chi connectivity index (χ4v) is 1.60. The van der Waals surface area contributed by atoms with Crippen LogP contribution in [0.2, 0.25) is 0 Å². The molecule has 3 N–H and O–H groups in total. The van der Waals surface area contributed by atoms with Gasteiger partial charge in [-0.25, -0.2) is 4.39 Å². The molecule has 5 nitrogen and oxygen atoms in total. The summed E-state index contributed by atoms with van der Waals surface area (Å²) in [7, 11) is 3.38. The minimum Gasteiger partial charge on any atom is -0.409 e. The van der Waals surface area contributed by atoms with Gasteiger partial charge in [-0.15, -0.1) is 0 Å². The van der Waals surface area contributed by atoms with Crippen LogP contribution in [0.4, 0.5) is 10.1 Å². The van der Waals surface area contributed by atoms with E-state index in [1.807, 2.05) is 6.92 Å². The predicted octanol–water partition coefficient (Wildman–Crippen LogP) is 1.39. The topological polar surface area (TPSA) is 71.1 Å². The van der Waals surface area contributed by atoms with E-state index in [0.717, 1.165) is 0 Å². The number of methoxy groups -OCH3 is 1. The van der Waals surface area contributed by atoms with E-state index in [0.29, 0.717) is 17.9 Å². The van der Waals surface area contributed by atoms with Crippen LogP contribution >= 0.6 is 0 Å². The number of hydrogen-bond acceptors (Lipinski definition) is 4. The minimum absolute atomic E-state index is 0.0409. The standard InChI is InChI=1S/C12H18FN3O2/c1-8(7-18-3)16(2)11-5-4-9(6-10(11)13)12(14)15-17/h4-6,8,17H,7H2,1-3H3,(H2,14,15). The number of nitrogens with two attached hydrogens (primary N) is 1.